The van der Waals surface area contributed by atoms with Crippen molar-refractivity contribution in [2.24, 2.45) is 0 Å². The van der Waals surface area contributed by atoms with Gasteiger partial charge >= 0.3 is 6.61 Å². The molecule has 0 aliphatic heterocycles. The second-order valence-corrected chi connectivity index (χ2v) is 4.40. The van der Waals surface area contributed by atoms with Gasteiger partial charge in [0, 0.05) is 6.08 Å². The number of alkyl halides is 2. The SMILES string of the molecule is CC(C)=CC(=O)N[C@@H](C)c1cccc(OC(F)F)c1. The minimum atomic E-state index is -2.86. The Hall–Kier alpha value is -1.91. The third-order valence-corrected chi connectivity index (χ3v) is 2.36. The number of carbonyl (C=O) groups excluding carboxylic acids is 1. The van der Waals surface area contributed by atoms with Gasteiger partial charge in [-0.15, -0.1) is 0 Å². The van der Waals surface area contributed by atoms with Crippen LogP contribution in [0.5, 0.6) is 5.75 Å². The Labute approximate surface area is 111 Å². The van der Waals surface area contributed by atoms with E-state index in [-0.39, 0.29) is 17.7 Å². The van der Waals surface area contributed by atoms with Gasteiger partial charge in [-0.2, -0.15) is 8.78 Å². The number of nitrogens with one attached hydrogen (secondary N) is 1. The number of carbonyl (C=O) groups is 1. The number of hydrogen-bond acceptors (Lipinski definition) is 2. The number of benzene rings is 1. The zero-order valence-corrected chi connectivity index (χ0v) is 11.1. The molecule has 1 N–H and O–H groups in total. The predicted molar refractivity (Wildman–Crippen MR) is 69.1 cm³/mol. The summed E-state index contributed by atoms with van der Waals surface area (Å²) in [6.45, 7) is 2.56. The van der Waals surface area contributed by atoms with Gasteiger partial charge in [-0.1, -0.05) is 17.7 Å². The standard InChI is InChI=1S/C14H17F2NO2/c1-9(2)7-13(18)17-10(3)11-5-4-6-12(8-11)19-14(15)16/h4-8,10,14H,1-3H3,(H,17,18)/t10-/m0/s1. The van der Waals surface area contributed by atoms with Crippen molar-refractivity contribution in [1.82, 2.24) is 5.32 Å². The van der Waals surface area contributed by atoms with Gasteiger partial charge < -0.3 is 10.1 Å². The van der Waals surface area contributed by atoms with E-state index in [1.165, 1.54) is 18.2 Å². The van der Waals surface area contributed by atoms with Crippen LogP contribution in [0, 0.1) is 0 Å². The molecule has 0 aliphatic rings. The molecule has 0 unspecified atom stereocenters. The minimum absolute atomic E-state index is 0.0795. The van der Waals surface area contributed by atoms with Crippen LogP contribution in [0.1, 0.15) is 32.4 Å². The van der Waals surface area contributed by atoms with Crippen molar-refractivity contribution in [1.29, 1.82) is 0 Å². The van der Waals surface area contributed by atoms with Gasteiger partial charge in [0.25, 0.3) is 0 Å². The van der Waals surface area contributed by atoms with E-state index in [0.29, 0.717) is 5.56 Å². The number of hydrogen-bond donors (Lipinski definition) is 1. The normalized spacial score (nSPS) is 11.9. The second kappa shape index (κ2) is 6.87. The van der Waals surface area contributed by atoms with Crippen molar-refractivity contribution in [3.05, 3.63) is 41.5 Å². The highest BCUT2D eigenvalue weighted by molar-refractivity contribution is 5.88. The molecule has 0 bridgehead atoms. The third-order valence-electron chi connectivity index (χ3n) is 2.36. The zero-order chi connectivity index (χ0) is 14.4. The summed E-state index contributed by atoms with van der Waals surface area (Å²) in [5.74, 6) is -0.136. The Balaban J connectivity index is 2.74. The molecule has 1 atom stereocenters. The molecule has 1 aromatic carbocycles. The summed E-state index contributed by atoms with van der Waals surface area (Å²) >= 11 is 0. The smallest absolute Gasteiger partial charge is 0.387 e. The molecule has 0 radical (unpaired) electrons. The van der Waals surface area contributed by atoms with E-state index in [4.69, 9.17) is 0 Å². The Morgan fingerprint density at radius 1 is 1.37 bits per heavy atom. The number of rotatable bonds is 5. The fourth-order valence-electron chi connectivity index (χ4n) is 1.56. The zero-order valence-electron chi connectivity index (χ0n) is 11.1. The average Bonchev–Trinajstić information content (AvgIpc) is 2.27. The molecule has 0 aliphatic carbocycles. The maximum absolute atomic E-state index is 12.1. The molecule has 3 nitrogen and oxygen atoms in total. The van der Waals surface area contributed by atoms with Gasteiger partial charge in [0.1, 0.15) is 5.75 Å². The summed E-state index contributed by atoms with van der Waals surface area (Å²) in [5, 5.41) is 2.75. The van der Waals surface area contributed by atoms with Crippen LogP contribution >= 0.6 is 0 Å². The van der Waals surface area contributed by atoms with Gasteiger partial charge in [0.05, 0.1) is 6.04 Å². The number of amides is 1. The Morgan fingerprint density at radius 3 is 2.63 bits per heavy atom. The summed E-state index contributed by atoms with van der Waals surface area (Å²) < 4.78 is 28.5. The molecule has 0 aromatic heterocycles. The number of ether oxygens (including phenoxy) is 1. The van der Waals surface area contributed by atoms with Crippen LogP contribution in [-0.4, -0.2) is 12.5 Å². The van der Waals surface area contributed by atoms with Crippen LogP contribution in [0.3, 0.4) is 0 Å². The third kappa shape index (κ3) is 5.50. The van der Waals surface area contributed by atoms with Crippen LogP contribution in [-0.2, 0) is 4.79 Å². The number of halogens is 2. The first-order chi connectivity index (χ1) is 8.88. The molecule has 1 rings (SSSR count). The highest BCUT2D eigenvalue weighted by atomic mass is 19.3. The molecule has 104 valence electrons. The van der Waals surface area contributed by atoms with Gasteiger partial charge in [0.15, 0.2) is 0 Å². The van der Waals surface area contributed by atoms with Gasteiger partial charge in [-0.05, 0) is 38.5 Å². The van der Waals surface area contributed by atoms with E-state index < -0.39 is 6.61 Å². The fraction of sp³-hybridized carbons (Fsp3) is 0.357. The second-order valence-electron chi connectivity index (χ2n) is 4.40. The first-order valence-corrected chi connectivity index (χ1v) is 5.88. The maximum atomic E-state index is 12.1. The lowest BCUT2D eigenvalue weighted by atomic mass is 10.1. The van der Waals surface area contributed by atoms with Crippen LogP contribution in [0.25, 0.3) is 0 Å². The lowest BCUT2D eigenvalue weighted by Gasteiger charge is -2.14. The van der Waals surface area contributed by atoms with Crippen molar-refractivity contribution in [2.75, 3.05) is 0 Å². The predicted octanol–water partition coefficient (Wildman–Crippen LogP) is 3.43. The van der Waals surface area contributed by atoms with Crippen LogP contribution in [0.4, 0.5) is 8.78 Å². The Morgan fingerprint density at radius 2 is 2.05 bits per heavy atom. The highest BCUT2D eigenvalue weighted by Crippen LogP contribution is 2.20. The van der Waals surface area contributed by atoms with E-state index in [9.17, 15) is 13.6 Å². The molecule has 0 spiro atoms. The van der Waals surface area contributed by atoms with Crippen LogP contribution < -0.4 is 10.1 Å². The quantitative estimate of drug-likeness (QED) is 0.832. The summed E-state index contributed by atoms with van der Waals surface area (Å²) in [6.07, 6.45) is 1.48. The van der Waals surface area contributed by atoms with Crippen molar-refractivity contribution in [2.45, 2.75) is 33.4 Å². The molecule has 1 aromatic rings. The Bertz CT molecular complexity index is 468. The van der Waals surface area contributed by atoms with Crippen molar-refractivity contribution >= 4 is 5.91 Å². The highest BCUT2D eigenvalue weighted by Gasteiger charge is 2.10. The van der Waals surface area contributed by atoms with E-state index >= 15 is 0 Å². The summed E-state index contributed by atoms with van der Waals surface area (Å²) in [6, 6.07) is 5.99. The average molecular weight is 269 g/mol. The minimum Gasteiger partial charge on any atom is -0.435 e. The fourth-order valence-corrected chi connectivity index (χ4v) is 1.56. The molecule has 0 heterocycles. The summed E-state index contributed by atoms with van der Waals surface area (Å²) in [7, 11) is 0. The molecule has 19 heavy (non-hydrogen) atoms. The van der Waals surface area contributed by atoms with Crippen molar-refractivity contribution < 1.29 is 18.3 Å². The van der Waals surface area contributed by atoms with Gasteiger partial charge in [0.2, 0.25) is 5.91 Å². The molecule has 0 saturated carbocycles. The van der Waals surface area contributed by atoms with Crippen molar-refractivity contribution in [3.63, 3.8) is 0 Å². The van der Waals surface area contributed by atoms with E-state index in [0.717, 1.165) is 5.57 Å². The van der Waals surface area contributed by atoms with E-state index in [1.54, 1.807) is 19.1 Å². The van der Waals surface area contributed by atoms with E-state index in [2.05, 4.69) is 10.1 Å². The first kappa shape index (κ1) is 15.1. The summed E-state index contributed by atoms with van der Waals surface area (Å²) in [4.78, 5) is 11.6. The molecular weight excluding hydrogens is 252 g/mol. The molecule has 0 fully saturated rings. The molecule has 0 saturated heterocycles. The van der Waals surface area contributed by atoms with Crippen LogP contribution in [0.2, 0.25) is 0 Å². The van der Waals surface area contributed by atoms with Crippen molar-refractivity contribution in [3.8, 4) is 5.75 Å². The lowest BCUT2D eigenvalue weighted by molar-refractivity contribution is -0.117. The maximum Gasteiger partial charge on any atom is 0.387 e. The van der Waals surface area contributed by atoms with Crippen LogP contribution in [0.15, 0.2) is 35.9 Å². The van der Waals surface area contributed by atoms with E-state index in [1.807, 2.05) is 13.8 Å². The number of allylic oxidation sites excluding steroid dienone is 1. The molecule has 1 amide bonds. The molecule has 5 heteroatoms. The monoisotopic (exact) mass is 269 g/mol. The summed E-state index contributed by atoms with van der Waals surface area (Å²) in [5.41, 5.74) is 1.59. The topological polar surface area (TPSA) is 38.3 Å². The lowest BCUT2D eigenvalue weighted by Crippen LogP contribution is -2.24. The molecular formula is C14H17F2NO2. The van der Waals surface area contributed by atoms with Gasteiger partial charge in [-0.25, -0.2) is 0 Å². The Kier molecular flexibility index (Phi) is 5.48. The van der Waals surface area contributed by atoms with Gasteiger partial charge in [-0.3, -0.25) is 4.79 Å². The largest absolute Gasteiger partial charge is 0.435 e. The first-order valence-electron chi connectivity index (χ1n) is 5.88.